The number of hydrogen-bond donors (Lipinski definition) is 1. The number of amides is 3. The number of hydrogen-bond acceptors (Lipinski definition) is 5. The minimum atomic E-state index is -1.12. The molecule has 0 unspecified atom stereocenters. The smallest absolute Gasteiger partial charge is 0.417 e. The van der Waals surface area contributed by atoms with Crippen LogP contribution in [-0.4, -0.2) is 64.0 Å². The van der Waals surface area contributed by atoms with E-state index in [-0.39, 0.29) is 31.3 Å². The largest absolute Gasteiger partial charge is 0.481 e. The monoisotopic (exact) mass is 464 g/mol. The number of imide groups is 1. The second-order valence-electron chi connectivity index (χ2n) is 8.75. The number of carboxylic acids is 1. The second kappa shape index (κ2) is 10.5. The van der Waals surface area contributed by atoms with Crippen molar-refractivity contribution >= 4 is 23.9 Å². The van der Waals surface area contributed by atoms with Gasteiger partial charge in [-0.3, -0.25) is 14.4 Å². The molecule has 2 atom stereocenters. The van der Waals surface area contributed by atoms with Crippen LogP contribution in [0.2, 0.25) is 0 Å². The van der Waals surface area contributed by atoms with Gasteiger partial charge < -0.3 is 14.7 Å². The van der Waals surface area contributed by atoms with Gasteiger partial charge in [0.25, 0.3) is 5.91 Å². The maximum Gasteiger partial charge on any atom is 0.417 e. The Labute approximate surface area is 198 Å². The lowest BCUT2D eigenvalue weighted by Crippen LogP contribution is -2.51. The summed E-state index contributed by atoms with van der Waals surface area (Å²) in [7, 11) is 0. The molecule has 0 aliphatic carbocycles. The fourth-order valence-electron chi connectivity index (χ4n) is 4.61. The van der Waals surface area contributed by atoms with Gasteiger partial charge in [0.15, 0.2) is 0 Å². The Morgan fingerprint density at radius 1 is 0.912 bits per heavy atom. The van der Waals surface area contributed by atoms with Crippen molar-refractivity contribution in [3.63, 3.8) is 0 Å². The number of nitrogens with zero attached hydrogens (tertiary/aromatic N) is 2. The third kappa shape index (κ3) is 5.27. The average Bonchev–Trinajstić information content (AvgIpc) is 3.19. The summed E-state index contributed by atoms with van der Waals surface area (Å²) >= 11 is 0. The summed E-state index contributed by atoms with van der Waals surface area (Å²) in [6.45, 7) is 0.563. The maximum absolute atomic E-state index is 13.3. The van der Waals surface area contributed by atoms with Crippen LogP contribution in [0.4, 0.5) is 4.79 Å². The molecule has 2 fully saturated rings. The van der Waals surface area contributed by atoms with Crippen LogP contribution >= 0.6 is 0 Å². The van der Waals surface area contributed by atoms with Crippen molar-refractivity contribution in [2.45, 2.75) is 44.2 Å². The molecular formula is C26H28N2O6. The molecule has 3 amide bonds. The molecule has 8 nitrogen and oxygen atoms in total. The van der Waals surface area contributed by atoms with Crippen LogP contribution in [0.3, 0.4) is 0 Å². The molecule has 2 heterocycles. The van der Waals surface area contributed by atoms with E-state index in [2.05, 4.69) is 0 Å². The minimum Gasteiger partial charge on any atom is -0.481 e. The normalized spacial score (nSPS) is 20.8. The van der Waals surface area contributed by atoms with Crippen LogP contribution in [-0.2, 0) is 32.0 Å². The van der Waals surface area contributed by atoms with Crippen molar-refractivity contribution < 1.29 is 29.0 Å². The van der Waals surface area contributed by atoms with Crippen LogP contribution in [0, 0.1) is 5.92 Å². The topological polar surface area (TPSA) is 104 Å². The third-order valence-electron chi connectivity index (χ3n) is 6.53. The number of cyclic esters (lactones) is 1. The van der Waals surface area contributed by atoms with Gasteiger partial charge in [0.1, 0.15) is 0 Å². The van der Waals surface area contributed by atoms with E-state index in [0.29, 0.717) is 25.7 Å². The van der Waals surface area contributed by atoms with Gasteiger partial charge in [-0.15, -0.1) is 0 Å². The molecule has 34 heavy (non-hydrogen) atoms. The van der Waals surface area contributed by atoms with Crippen LogP contribution in [0.1, 0.15) is 30.4 Å². The zero-order valence-electron chi connectivity index (χ0n) is 18.8. The number of carboxylic acid groups (broad SMARTS) is 1. The molecule has 0 bridgehead atoms. The second-order valence-corrected chi connectivity index (χ2v) is 8.75. The van der Waals surface area contributed by atoms with Crippen molar-refractivity contribution in [1.29, 1.82) is 0 Å². The molecule has 2 aromatic carbocycles. The summed E-state index contributed by atoms with van der Waals surface area (Å²) in [5.74, 6) is -2.10. The molecule has 8 heteroatoms. The van der Waals surface area contributed by atoms with Gasteiger partial charge >= 0.3 is 12.1 Å². The Balaban J connectivity index is 1.51. The van der Waals surface area contributed by atoms with Crippen molar-refractivity contribution in [2.75, 3.05) is 13.1 Å². The summed E-state index contributed by atoms with van der Waals surface area (Å²) in [5.41, 5.74) is 1.87. The molecule has 0 saturated carbocycles. The number of carbonyl (C=O) groups is 4. The molecule has 178 valence electrons. The number of piperidine rings is 1. The maximum atomic E-state index is 13.3. The van der Waals surface area contributed by atoms with Crippen LogP contribution in [0.5, 0.6) is 0 Å². The Morgan fingerprint density at radius 2 is 1.50 bits per heavy atom. The van der Waals surface area contributed by atoms with Gasteiger partial charge in [-0.2, -0.15) is 0 Å². The predicted molar refractivity (Wildman–Crippen MR) is 123 cm³/mol. The zero-order valence-corrected chi connectivity index (χ0v) is 18.8. The van der Waals surface area contributed by atoms with E-state index in [1.807, 2.05) is 60.7 Å². The summed E-state index contributed by atoms with van der Waals surface area (Å²) in [6.07, 6.45) is -0.327. The molecule has 2 saturated heterocycles. The molecule has 4 rings (SSSR count). The van der Waals surface area contributed by atoms with Crippen molar-refractivity contribution in [3.8, 4) is 0 Å². The molecule has 0 aromatic heterocycles. The van der Waals surface area contributed by atoms with Crippen molar-refractivity contribution in [1.82, 2.24) is 9.80 Å². The van der Waals surface area contributed by atoms with Crippen LogP contribution < -0.4 is 0 Å². The summed E-state index contributed by atoms with van der Waals surface area (Å²) < 4.78 is 5.48. The van der Waals surface area contributed by atoms with E-state index >= 15 is 0 Å². The number of ether oxygens (including phenoxy) is 1. The van der Waals surface area contributed by atoms with E-state index in [1.54, 1.807) is 4.90 Å². The average molecular weight is 465 g/mol. The lowest BCUT2D eigenvalue weighted by atomic mass is 9.95. The lowest BCUT2D eigenvalue weighted by molar-refractivity contribution is -0.148. The van der Waals surface area contributed by atoms with E-state index in [4.69, 9.17) is 4.74 Å². The van der Waals surface area contributed by atoms with Crippen LogP contribution in [0.15, 0.2) is 60.7 Å². The Kier molecular flexibility index (Phi) is 7.25. The lowest BCUT2D eigenvalue weighted by Gasteiger charge is -2.33. The highest BCUT2D eigenvalue weighted by Crippen LogP contribution is 2.28. The number of rotatable bonds is 7. The van der Waals surface area contributed by atoms with Gasteiger partial charge in [0.2, 0.25) is 12.0 Å². The van der Waals surface area contributed by atoms with Crippen LogP contribution in [0.25, 0.3) is 0 Å². The Hall–Kier alpha value is -3.68. The van der Waals surface area contributed by atoms with E-state index in [0.717, 1.165) is 16.0 Å². The SMILES string of the molecule is O=C(O)C1CCN(C(=O)[C@@H]2OC(=O)N(C(=O)CCc3ccccc3)[C@H]2Cc2ccccc2)CC1. The van der Waals surface area contributed by atoms with E-state index in [1.165, 1.54) is 0 Å². The highest BCUT2D eigenvalue weighted by Gasteiger charge is 2.50. The fraction of sp³-hybridized carbons (Fsp3) is 0.385. The minimum absolute atomic E-state index is 0.120. The molecule has 2 aliphatic heterocycles. The molecule has 2 aliphatic rings. The zero-order chi connectivity index (χ0) is 24.1. The van der Waals surface area contributed by atoms with Crippen molar-refractivity contribution in [3.05, 3.63) is 71.8 Å². The summed E-state index contributed by atoms with van der Waals surface area (Å²) in [5, 5.41) is 9.23. The molecule has 1 N–H and O–H groups in total. The van der Waals surface area contributed by atoms with E-state index in [9.17, 15) is 24.3 Å². The molecular weight excluding hydrogens is 436 g/mol. The molecule has 2 aromatic rings. The quantitative estimate of drug-likeness (QED) is 0.676. The standard InChI is InChI=1S/C26H28N2O6/c29-22(12-11-18-7-3-1-4-8-18)28-21(17-19-9-5-2-6-10-19)23(34-26(28)33)24(30)27-15-13-20(14-16-27)25(31)32/h1-10,20-21,23H,11-17H2,(H,31,32)/t21-,23+/m0/s1. The highest BCUT2D eigenvalue weighted by molar-refractivity contribution is 5.97. The van der Waals surface area contributed by atoms with Gasteiger partial charge in [-0.05, 0) is 36.8 Å². The summed E-state index contributed by atoms with van der Waals surface area (Å²) in [6, 6.07) is 18.1. The summed E-state index contributed by atoms with van der Waals surface area (Å²) in [4.78, 5) is 53.2. The number of carbonyl (C=O) groups excluding carboxylic acids is 3. The number of aryl methyl sites for hydroxylation is 1. The Bertz CT molecular complexity index is 1030. The Morgan fingerprint density at radius 3 is 2.09 bits per heavy atom. The predicted octanol–water partition coefficient (Wildman–Crippen LogP) is 2.90. The van der Waals surface area contributed by atoms with Gasteiger partial charge in [0.05, 0.1) is 12.0 Å². The first-order valence-corrected chi connectivity index (χ1v) is 11.6. The fourth-order valence-corrected chi connectivity index (χ4v) is 4.61. The van der Waals surface area contributed by atoms with Gasteiger partial charge in [-0.1, -0.05) is 60.7 Å². The molecule has 0 spiro atoms. The highest BCUT2D eigenvalue weighted by atomic mass is 16.6. The first-order chi connectivity index (χ1) is 16.4. The first-order valence-electron chi connectivity index (χ1n) is 11.6. The third-order valence-corrected chi connectivity index (χ3v) is 6.53. The number of aliphatic carboxylic acids is 1. The van der Waals surface area contributed by atoms with Crippen molar-refractivity contribution in [2.24, 2.45) is 5.92 Å². The number of benzene rings is 2. The van der Waals surface area contributed by atoms with Gasteiger partial charge in [-0.25, -0.2) is 9.69 Å². The van der Waals surface area contributed by atoms with Gasteiger partial charge in [0, 0.05) is 19.5 Å². The van der Waals surface area contributed by atoms with E-state index < -0.39 is 30.1 Å². The first kappa shape index (κ1) is 23.5. The number of likely N-dealkylation sites (tertiary alicyclic amines) is 1. The molecule has 0 radical (unpaired) electrons.